The molecule has 34 heavy (non-hydrogen) atoms. The van der Waals surface area contributed by atoms with E-state index in [0.29, 0.717) is 18.1 Å². The van der Waals surface area contributed by atoms with Crippen LogP contribution in [0.2, 0.25) is 5.02 Å². The van der Waals surface area contributed by atoms with E-state index in [1.54, 1.807) is 15.3 Å². The van der Waals surface area contributed by atoms with Gasteiger partial charge in [-0.2, -0.15) is 0 Å². The van der Waals surface area contributed by atoms with E-state index >= 15 is 0 Å². The van der Waals surface area contributed by atoms with Crippen LogP contribution < -0.4 is 5.56 Å². The molecule has 0 fully saturated rings. The summed E-state index contributed by atoms with van der Waals surface area (Å²) in [7, 11) is 0. The molecule has 3 aromatic heterocycles. The van der Waals surface area contributed by atoms with Crippen molar-refractivity contribution in [3.05, 3.63) is 97.6 Å². The van der Waals surface area contributed by atoms with Gasteiger partial charge in [0, 0.05) is 16.1 Å². The SMILES string of the molecule is Cc1nnc2n1-c1sc(C#CCn3sc4ccccc4c3=O)cc1C(c1ccccc1Cl)=NC2. The smallest absolute Gasteiger partial charge is 0.269 e. The standard InChI is InChI=1S/C25H16ClN5OS2/c1-15-28-29-22-14-27-23(17-8-2-4-10-20(17)26)19-13-16(33-25(19)31(15)22)7-6-12-30-24(32)18-9-3-5-11-21(18)34-30/h2-5,8-11,13H,12,14H2,1H3. The molecular weight excluding hydrogens is 486 g/mol. The van der Waals surface area contributed by atoms with Crippen LogP contribution in [0.5, 0.6) is 0 Å². The Labute approximate surface area is 208 Å². The molecule has 0 atom stereocenters. The van der Waals surface area contributed by atoms with Crippen LogP contribution in [0.15, 0.2) is 64.4 Å². The lowest BCUT2D eigenvalue weighted by Crippen LogP contribution is -2.11. The Hall–Kier alpha value is -3.51. The van der Waals surface area contributed by atoms with Gasteiger partial charge in [-0.05, 0) is 31.2 Å². The van der Waals surface area contributed by atoms with Crippen molar-refractivity contribution in [1.29, 1.82) is 0 Å². The minimum absolute atomic E-state index is 0.00485. The molecule has 2 aromatic carbocycles. The minimum atomic E-state index is -0.00485. The van der Waals surface area contributed by atoms with Gasteiger partial charge in [0.2, 0.25) is 0 Å². The fourth-order valence-corrected chi connectivity index (χ4v) is 6.26. The van der Waals surface area contributed by atoms with Crippen molar-refractivity contribution in [2.75, 3.05) is 0 Å². The number of thiophene rings is 1. The summed E-state index contributed by atoms with van der Waals surface area (Å²) in [5.41, 5.74) is 2.63. The maximum absolute atomic E-state index is 12.6. The van der Waals surface area contributed by atoms with Crippen LogP contribution in [0, 0.1) is 18.8 Å². The van der Waals surface area contributed by atoms with Gasteiger partial charge in [0.25, 0.3) is 5.56 Å². The van der Waals surface area contributed by atoms with E-state index in [0.717, 1.165) is 48.5 Å². The summed E-state index contributed by atoms with van der Waals surface area (Å²) >= 11 is 9.52. The van der Waals surface area contributed by atoms with Gasteiger partial charge in [0.15, 0.2) is 5.82 Å². The van der Waals surface area contributed by atoms with Crippen molar-refractivity contribution >= 4 is 50.3 Å². The number of aromatic nitrogens is 4. The lowest BCUT2D eigenvalue weighted by Gasteiger charge is -2.08. The van der Waals surface area contributed by atoms with Crippen molar-refractivity contribution in [2.24, 2.45) is 4.99 Å². The number of hydrogen-bond acceptors (Lipinski definition) is 6. The average molecular weight is 502 g/mol. The molecule has 4 heterocycles. The molecule has 0 saturated heterocycles. The molecular formula is C25H16ClN5OS2. The second-order valence-corrected chi connectivity index (χ2v) is 10.2. The number of benzene rings is 2. The van der Waals surface area contributed by atoms with Gasteiger partial charge in [-0.15, -0.1) is 21.5 Å². The third-order valence-electron chi connectivity index (χ3n) is 5.56. The van der Waals surface area contributed by atoms with Crippen LogP contribution >= 0.6 is 34.5 Å². The Balaban J connectivity index is 1.42. The zero-order valence-corrected chi connectivity index (χ0v) is 20.3. The van der Waals surface area contributed by atoms with Crippen LogP contribution in [0.1, 0.15) is 27.7 Å². The largest absolute Gasteiger partial charge is 0.276 e. The van der Waals surface area contributed by atoms with Crippen molar-refractivity contribution in [3.63, 3.8) is 0 Å². The molecule has 6 rings (SSSR count). The van der Waals surface area contributed by atoms with Gasteiger partial charge in [0.05, 0.1) is 27.2 Å². The fraction of sp³-hybridized carbons (Fsp3) is 0.120. The monoisotopic (exact) mass is 501 g/mol. The first-order chi connectivity index (χ1) is 16.6. The van der Waals surface area contributed by atoms with Crippen molar-refractivity contribution in [1.82, 2.24) is 18.7 Å². The van der Waals surface area contributed by atoms with Crippen molar-refractivity contribution in [3.8, 4) is 16.8 Å². The molecule has 1 aliphatic rings. The van der Waals surface area contributed by atoms with Crippen LogP contribution in [0.25, 0.3) is 15.1 Å². The molecule has 0 aliphatic carbocycles. The molecule has 0 saturated carbocycles. The average Bonchev–Trinajstić information content (AvgIpc) is 3.48. The van der Waals surface area contributed by atoms with E-state index in [9.17, 15) is 4.79 Å². The predicted octanol–water partition coefficient (Wildman–Crippen LogP) is 5.07. The van der Waals surface area contributed by atoms with Crippen LogP contribution in [-0.4, -0.2) is 24.4 Å². The van der Waals surface area contributed by atoms with E-state index in [2.05, 4.69) is 22.0 Å². The second-order valence-electron chi connectivity index (χ2n) is 7.70. The molecule has 1 aliphatic heterocycles. The molecule has 166 valence electrons. The molecule has 0 bridgehead atoms. The zero-order valence-electron chi connectivity index (χ0n) is 17.9. The Morgan fingerprint density at radius 2 is 1.91 bits per heavy atom. The maximum atomic E-state index is 12.6. The summed E-state index contributed by atoms with van der Waals surface area (Å²) in [5.74, 6) is 7.99. The third-order valence-corrected chi connectivity index (χ3v) is 7.99. The highest BCUT2D eigenvalue weighted by atomic mass is 35.5. The number of hydrogen-bond donors (Lipinski definition) is 0. The van der Waals surface area contributed by atoms with Crippen molar-refractivity contribution in [2.45, 2.75) is 20.0 Å². The summed E-state index contributed by atoms with van der Waals surface area (Å²) in [5, 5.41) is 10.9. The van der Waals surface area contributed by atoms with Gasteiger partial charge in [0.1, 0.15) is 17.4 Å². The number of fused-ring (bicyclic) bond motifs is 4. The number of rotatable bonds is 2. The third kappa shape index (κ3) is 3.49. The van der Waals surface area contributed by atoms with Gasteiger partial charge in [-0.3, -0.25) is 18.3 Å². The number of nitrogens with zero attached hydrogens (tertiary/aromatic N) is 5. The van der Waals surface area contributed by atoms with Crippen LogP contribution in [0.3, 0.4) is 0 Å². The van der Waals surface area contributed by atoms with E-state index in [1.807, 2.05) is 66.1 Å². The van der Waals surface area contributed by atoms with Gasteiger partial charge >= 0.3 is 0 Å². The summed E-state index contributed by atoms with van der Waals surface area (Å²) < 4.78 is 4.69. The second kappa shape index (κ2) is 8.37. The van der Waals surface area contributed by atoms with E-state index in [1.165, 1.54) is 11.5 Å². The van der Waals surface area contributed by atoms with E-state index < -0.39 is 0 Å². The van der Waals surface area contributed by atoms with Crippen molar-refractivity contribution < 1.29 is 0 Å². The molecule has 0 unspecified atom stereocenters. The topological polar surface area (TPSA) is 65.1 Å². The molecule has 0 amide bonds. The molecule has 9 heteroatoms. The zero-order chi connectivity index (χ0) is 23.2. The van der Waals surface area contributed by atoms with E-state index in [-0.39, 0.29) is 5.56 Å². The summed E-state index contributed by atoms with van der Waals surface area (Å²) in [6, 6.07) is 17.4. The normalized spacial score (nSPS) is 12.5. The Kier molecular flexibility index (Phi) is 5.18. The first kappa shape index (κ1) is 21.1. The minimum Gasteiger partial charge on any atom is -0.276 e. The van der Waals surface area contributed by atoms with Gasteiger partial charge in [-0.25, -0.2) is 0 Å². The molecule has 5 aromatic rings. The first-order valence-corrected chi connectivity index (χ1v) is 12.5. The predicted molar refractivity (Wildman–Crippen MR) is 138 cm³/mol. The lowest BCUT2D eigenvalue weighted by atomic mass is 10.0. The molecule has 0 spiro atoms. The summed E-state index contributed by atoms with van der Waals surface area (Å²) in [6.45, 7) is 2.68. The number of aryl methyl sites for hydroxylation is 1. The Bertz CT molecular complexity index is 1730. The highest BCUT2D eigenvalue weighted by Gasteiger charge is 2.25. The van der Waals surface area contributed by atoms with Crippen LogP contribution in [-0.2, 0) is 13.1 Å². The Morgan fingerprint density at radius 1 is 1.09 bits per heavy atom. The lowest BCUT2D eigenvalue weighted by molar-refractivity contribution is 0.869. The highest BCUT2D eigenvalue weighted by Crippen LogP contribution is 2.34. The fourth-order valence-electron chi connectivity index (χ4n) is 3.99. The number of aliphatic imine (C=N–C) groups is 1. The van der Waals surface area contributed by atoms with Gasteiger partial charge in [-0.1, -0.05) is 65.3 Å². The Morgan fingerprint density at radius 3 is 2.76 bits per heavy atom. The first-order valence-electron chi connectivity index (χ1n) is 10.5. The summed E-state index contributed by atoms with van der Waals surface area (Å²) in [6.07, 6.45) is 0. The van der Waals surface area contributed by atoms with E-state index in [4.69, 9.17) is 16.6 Å². The quantitative estimate of drug-likeness (QED) is 0.317. The highest BCUT2D eigenvalue weighted by molar-refractivity contribution is 7.15. The molecule has 6 nitrogen and oxygen atoms in total. The van der Waals surface area contributed by atoms with Gasteiger partial charge < -0.3 is 0 Å². The molecule has 0 radical (unpaired) electrons. The number of halogens is 1. The molecule has 0 N–H and O–H groups in total. The van der Waals surface area contributed by atoms with Crippen LogP contribution in [0.4, 0.5) is 0 Å². The maximum Gasteiger partial charge on any atom is 0.269 e. The summed E-state index contributed by atoms with van der Waals surface area (Å²) in [4.78, 5) is 18.3.